The molecule has 0 aliphatic rings. The number of benzene rings is 2. The van der Waals surface area contributed by atoms with E-state index >= 15 is 0 Å². The minimum atomic E-state index is -0.536. The van der Waals surface area contributed by atoms with Crippen LogP contribution in [0.2, 0.25) is 0 Å². The zero-order valence-corrected chi connectivity index (χ0v) is 15.6. The fourth-order valence-corrected chi connectivity index (χ4v) is 2.80. The topological polar surface area (TPSA) is 58.6 Å². The highest BCUT2D eigenvalue weighted by molar-refractivity contribution is 5.88. The minimum absolute atomic E-state index is 0.108. The second-order valence-corrected chi connectivity index (χ2v) is 6.09. The summed E-state index contributed by atoms with van der Waals surface area (Å²) in [5, 5.41) is 2.65. The molecule has 138 valence electrons. The van der Waals surface area contributed by atoms with Gasteiger partial charge in [0, 0.05) is 13.6 Å². The van der Waals surface area contributed by atoms with E-state index in [9.17, 15) is 9.59 Å². The zero-order valence-electron chi connectivity index (χ0n) is 15.6. The van der Waals surface area contributed by atoms with E-state index in [1.165, 1.54) is 0 Å². The number of hydrogen-bond acceptors (Lipinski definition) is 3. The Morgan fingerprint density at radius 2 is 1.73 bits per heavy atom. The lowest BCUT2D eigenvalue weighted by molar-refractivity contribution is -0.142. The van der Waals surface area contributed by atoms with E-state index in [0.717, 1.165) is 11.1 Å². The number of carbonyl (C=O) groups excluding carboxylic acids is 2. The summed E-state index contributed by atoms with van der Waals surface area (Å²) in [5.74, 6) is 0.242. The molecule has 1 N–H and O–H groups in total. The average Bonchev–Trinajstić information content (AvgIpc) is 2.67. The van der Waals surface area contributed by atoms with E-state index in [1.54, 1.807) is 24.1 Å². The van der Waals surface area contributed by atoms with Crippen LogP contribution in [0.4, 0.5) is 0 Å². The van der Waals surface area contributed by atoms with E-state index in [1.807, 2.05) is 56.3 Å². The molecule has 2 rings (SSSR count). The summed E-state index contributed by atoms with van der Waals surface area (Å²) in [6.45, 7) is 4.16. The van der Waals surface area contributed by atoms with Gasteiger partial charge in [-0.1, -0.05) is 49.4 Å². The van der Waals surface area contributed by atoms with Crippen LogP contribution in [0.1, 0.15) is 24.5 Å². The highest BCUT2D eigenvalue weighted by Gasteiger charge is 2.28. The van der Waals surface area contributed by atoms with Crippen molar-refractivity contribution in [2.45, 2.75) is 32.9 Å². The van der Waals surface area contributed by atoms with Gasteiger partial charge in [0.2, 0.25) is 5.91 Å². The SMILES string of the molecule is CC[C@@H](C(=O)NC)N(Cc1ccccc1C)C(=O)COc1ccccc1. The molecule has 2 aromatic rings. The molecule has 26 heavy (non-hydrogen) atoms. The van der Waals surface area contributed by atoms with Crippen molar-refractivity contribution < 1.29 is 14.3 Å². The smallest absolute Gasteiger partial charge is 0.261 e. The second kappa shape index (κ2) is 9.61. The third-order valence-corrected chi connectivity index (χ3v) is 4.34. The van der Waals surface area contributed by atoms with Gasteiger partial charge in [-0.3, -0.25) is 9.59 Å². The van der Waals surface area contributed by atoms with Gasteiger partial charge in [0.15, 0.2) is 6.61 Å². The standard InChI is InChI=1S/C21H26N2O3/c1-4-19(21(25)22-3)23(14-17-11-9-8-10-16(17)2)20(24)15-26-18-12-6-5-7-13-18/h5-13,19H,4,14-15H2,1-3H3,(H,22,25)/t19-/m0/s1. The van der Waals surface area contributed by atoms with Gasteiger partial charge >= 0.3 is 0 Å². The van der Waals surface area contributed by atoms with Crippen LogP contribution >= 0.6 is 0 Å². The van der Waals surface area contributed by atoms with Crippen LogP contribution in [0.3, 0.4) is 0 Å². The molecule has 0 heterocycles. The molecule has 0 aliphatic heterocycles. The van der Waals surface area contributed by atoms with Crippen LogP contribution in [0.5, 0.6) is 5.75 Å². The summed E-state index contributed by atoms with van der Waals surface area (Å²) < 4.78 is 5.60. The highest BCUT2D eigenvalue weighted by atomic mass is 16.5. The van der Waals surface area contributed by atoms with Crippen molar-refractivity contribution in [1.82, 2.24) is 10.2 Å². The molecule has 1 atom stereocenters. The molecule has 2 amide bonds. The minimum Gasteiger partial charge on any atom is -0.484 e. The number of amides is 2. The first-order chi connectivity index (χ1) is 12.6. The Morgan fingerprint density at radius 3 is 2.35 bits per heavy atom. The molecule has 5 heteroatoms. The number of aryl methyl sites for hydroxylation is 1. The van der Waals surface area contributed by atoms with Gasteiger partial charge < -0.3 is 15.0 Å². The molecule has 5 nitrogen and oxygen atoms in total. The molecule has 0 bridgehead atoms. The van der Waals surface area contributed by atoms with Gasteiger partial charge in [0.25, 0.3) is 5.91 Å². The van der Waals surface area contributed by atoms with Crippen molar-refractivity contribution >= 4 is 11.8 Å². The number of carbonyl (C=O) groups is 2. The summed E-state index contributed by atoms with van der Waals surface area (Å²) in [5.41, 5.74) is 2.10. The number of rotatable bonds is 8. The largest absolute Gasteiger partial charge is 0.484 e. The molecule has 0 radical (unpaired) electrons. The Hall–Kier alpha value is -2.82. The Bertz CT molecular complexity index is 731. The molecule has 0 aromatic heterocycles. The fourth-order valence-electron chi connectivity index (χ4n) is 2.80. The van der Waals surface area contributed by atoms with Gasteiger partial charge in [-0.05, 0) is 36.6 Å². The number of hydrogen-bond donors (Lipinski definition) is 1. The first-order valence-electron chi connectivity index (χ1n) is 8.80. The summed E-state index contributed by atoms with van der Waals surface area (Å²) in [7, 11) is 1.59. The first-order valence-corrected chi connectivity index (χ1v) is 8.80. The van der Waals surface area contributed by atoms with Crippen molar-refractivity contribution in [2.75, 3.05) is 13.7 Å². The lowest BCUT2D eigenvalue weighted by Gasteiger charge is -2.30. The van der Waals surface area contributed by atoms with Gasteiger partial charge in [-0.15, -0.1) is 0 Å². The van der Waals surface area contributed by atoms with Crippen molar-refractivity contribution in [3.63, 3.8) is 0 Å². The maximum Gasteiger partial charge on any atom is 0.261 e. The van der Waals surface area contributed by atoms with Crippen LogP contribution in [-0.2, 0) is 16.1 Å². The Labute approximate surface area is 155 Å². The van der Waals surface area contributed by atoms with Crippen LogP contribution in [-0.4, -0.2) is 36.4 Å². The molecule has 0 saturated carbocycles. The van der Waals surface area contributed by atoms with E-state index < -0.39 is 6.04 Å². The van der Waals surface area contributed by atoms with Crippen LogP contribution in [0, 0.1) is 6.92 Å². The van der Waals surface area contributed by atoms with E-state index in [-0.39, 0.29) is 18.4 Å². The van der Waals surface area contributed by atoms with Gasteiger partial charge in [-0.2, -0.15) is 0 Å². The predicted molar refractivity (Wildman–Crippen MR) is 102 cm³/mol. The normalized spacial score (nSPS) is 11.5. The maximum atomic E-state index is 12.9. The Kier molecular flexibility index (Phi) is 7.21. The van der Waals surface area contributed by atoms with Crippen LogP contribution < -0.4 is 10.1 Å². The highest BCUT2D eigenvalue weighted by Crippen LogP contribution is 2.16. The zero-order chi connectivity index (χ0) is 18.9. The van der Waals surface area contributed by atoms with E-state index in [4.69, 9.17) is 4.74 Å². The van der Waals surface area contributed by atoms with E-state index in [0.29, 0.717) is 18.7 Å². The Balaban J connectivity index is 2.19. The molecule has 0 saturated heterocycles. The summed E-state index contributed by atoms with van der Waals surface area (Å²) in [6, 6.07) is 16.5. The molecule has 2 aromatic carbocycles. The lowest BCUT2D eigenvalue weighted by atomic mass is 10.1. The maximum absolute atomic E-state index is 12.9. The van der Waals surface area contributed by atoms with Gasteiger partial charge in [-0.25, -0.2) is 0 Å². The van der Waals surface area contributed by atoms with Crippen molar-refractivity contribution in [1.29, 1.82) is 0 Å². The number of para-hydroxylation sites is 1. The molecule has 0 unspecified atom stereocenters. The summed E-state index contributed by atoms with van der Waals surface area (Å²) in [4.78, 5) is 26.8. The van der Waals surface area contributed by atoms with Crippen molar-refractivity contribution in [3.8, 4) is 5.75 Å². The number of ether oxygens (including phenoxy) is 1. The first kappa shape index (κ1) is 19.5. The van der Waals surface area contributed by atoms with Crippen molar-refractivity contribution in [2.24, 2.45) is 0 Å². The monoisotopic (exact) mass is 354 g/mol. The number of nitrogens with zero attached hydrogens (tertiary/aromatic N) is 1. The average molecular weight is 354 g/mol. The predicted octanol–water partition coefficient (Wildman–Crippen LogP) is 2.93. The molecule has 0 fully saturated rings. The fraction of sp³-hybridized carbons (Fsp3) is 0.333. The van der Waals surface area contributed by atoms with E-state index in [2.05, 4.69) is 5.32 Å². The second-order valence-electron chi connectivity index (χ2n) is 6.09. The summed E-state index contributed by atoms with van der Waals surface area (Å²) in [6.07, 6.45) is 0.530. The molecular weight excluding hydrogens is 328 g/mol. The molecule has 0 spiro atoms. The third-order valence-electron chi connectivity index (χ3n) is 4.34. The van der Waals surface area contributed by atoms with Crippen molar-refractivity contribution in [3.05, 3.63) is 65.7 Å². The number of nitrogens with one attached hydrogen (secondary N) is 1. The van der Waals surface area contributed by atoms with Crippen LogP contribution in [0.25, 0.3) is 0 Å². The number of likely N-dealkylation sites (N-methyl/N-ethyl adjacent to an activating group) is 1. The quantitative estimate of drug-likeness (QED) is 0.793. The third kappa shape index (κ3) is 5.09. The molecular formula is C21H26N2O3. The summed E-state index contributed by atoms with van der Waals surface area (Å²) >= 11 is 0. The van der Waals surface area contributed by atoms with Gasteiger partial charge in [0.1, 0.15) is 11.8 Å². The lowest BCUT2D eigenvalue weighted by Crippen LogP contribution is -2.49. The van der Waals surface area contributed by atoms with Gasteiger partial charge in [0.05, 0.1) is 0 Å². The van der Waals surface area contributed by atoms with Crippen LogP contribution in [0.15, 0.2) is 54.6 Å². The Morgan fingerprint density at radius 1 is 1.08 bits per heavy atom. The molecule has 0 aliphatic carbocycles.